The SMILES string of the molecule is CCN(c1ccncc1CN)C1CCCCC1. The van der Waals surface area contributed by atoms with Crippen molar-refractivity contribution in [2.24, 2.45) is 5.73 Å². The van der Waals surface area contributed by atoms with E-state index in [4.69, 9.17) is 5.73 Å². The van der Waals surface area contributed by atoms with Crippen molar-refractivity contribution in [2.45, 2.75) is 51.6 Å². The van der Waals surface area contributed by atoms with Crippen LogP contribution in [0.1, 0.15) is 44.6 Å². The second-order valence-electron chi connectivity index (χ2n) is 4.79. The smallest absolute Gasteiger partial charge is 0.0445 e. The molecule has 1 aromatic heterocycles. The van der Waals surface area contributed by atoms with E-state index >= 15 is 0 Å². The van der Waals surface area contributed by atoms with Crippen molar-refractivity contribution in [1.29, 1.82) is 0 Å². The number of hydrogen-bond acceptors (Lipinski definition) is 3. The predicted molar refractivity (Wildman–Crippen MR) is 72.0 cm³/mol. The molecule has 2 N–H and O–H groups in total. The van der Waals surface area contributed by atoms with Crippen molar-refractivity contribution < 1.29 is 0 Å². The van der Waals surface area contributed by atoms with Gasteiger partial charge in [-0.25, -0.2) is 0 Å². The molecule has 0 atom stereocenters. The molecule has 2 rings (SSSR count). The lowest BCUT2D eigenvalue weighted by molar-refractivity contribution is 0.417. The quantitative estimate of drug-likeness (QED) is 0.869. The van der Waals surface area contributed by atoms with Gasteiger partial charge in [-0.15, -0.1) is 0 Å². The van der Waals surface area contributed by atoms with Gasteiger partial charge in [-0.2, -0.15) is 0 Å². The Hall–Kier alpha value is -1.09. The summed E-state index contributed by atoms with van der Waals surface area (Å²) in [4.78, 5) is 6.69. The van der Waals surface area contributed by atoms with E-state index in [0.717, 1.165) is 6.54 Å². The second-order valence-corrected chi connectivity index (χ2v) is 4.79. The Labute approximate surface area is 104 Å². The zero-order chi connectivity index (χ0) is 12.1. The Morgan fingerprint density at radius 3 is 2.76 bits per heavy atom. The molecule has 0 unspecified atom stereocenters. The molecule has 1 aliphatic carbocycles. The van der Waals surface area contributed by atoms with Gasteiger partial charge < -0.3 is 10.6 Å². The van der Waals surface area contributed by atoms with Crippen LogP contribution in [0.5, 0.6) is 0 Å². The van der Waals surface area contributed by atoms with Crippen LogP contribution in [0, 0.1) is 0 Å². The third-order valence-corrected chi connectivity index (χ3v) is 3.76. The molecule has 3 nitrogen and oxygen atoms in total. The molecule has 1 aliphatic rings. The van der Waals surface area contributed by atoms with Crippen LogP contribution >= 0.6 is 0 Å². The maximum absolute atomic E-state index is 5.81. The molecule has 17 heavy (non-hydrogen) atoms. The highest BCUT2D eigenvalue weighted by Gasteiger charge is 2.21. The molecule has 3 heteroatoms. The van der Waals surface area contributed by atoms with Crippen molar-refractivity contribution in [3.63, 3.8) is 0 Å². The highest BCUT2D eigenvalue weighted by molar-refractivity contribution is 5.53. The third kappa shape index (κ3) is 2.78. The summed E-state index contributed by atoms with van der Waals surface area (Å²) in [6.07, 6.45) is 10.5. The summed E-state index contributed by atoms with van der Waals surface area (Å²) in [6, 6.07) is 2.81. The van der Waals surface area contributed by atoms with Crippen LogP contribution in [0.3, 0.4) is 0 Å². The summed E-state index contributed by atoms with van der Waals surface area (Å²) in [6.45, 7) is 3.86. The summed E-state index contributed by atoms with van der Waals surface area (Å²) in [5.41, 5.74) is 8.26. The van der Waals surface area contributed by atoms with E-state index in [1.807, 2.05) is 12.4 Å². The van der Waals surface area contributed by atoms with E-state index in [9.17, 15) is 0 Å². The minimum atomic E-state index is 0.576. The van der Waals surface area contributed by atoms with Crippen molar-refractivity contribution in [2.75, 3.05) is 11.4 Å². The number of aromatic nitrogens is 1. The first kappa shape index (κ1) is 12.4. The van der Waals surface area contributed by atoms with Gasteiger partial charge in [0, 0.05) is 42.8 Å². The lowest BCUT2D eigenvalue weighted by Gasteiger charge is -2.36. The van der Waals surface area contributed by atoms with Crippen LogP contribution in [0.4, 0.5) is 5.69 Å². The van der Waals surface area contributed by atoms with Gasteiger partial charge in [0.05, 0.1) is 0 Å². The molecule has 1 fully saturated rings. The Morgan fingerprint density at radius 2 is 2.12 bits per heavy atom. The lowest BCUT2D eigenvalue weighted by Crippen LogP contribution is -2.37. The molecule has 0 aliphatic heterocycles. The molecular formula is C14H23N3. The first-order valence-corrected chi connectivity index (χ1v) is 6.76. The number of pyridine rings is 1. The average Bonchev–Trinajstić information content (AvgIpc) is 2.41. The number of rotatable bonds is 4. The van der Waals surface area contributed by atoms with E-state index in [1.165, 1.54) is 43.4 Å². The molecular weight excluding hydrogens is 210 g/mol. The van der Waals surface area contributed by atoms with Crippen molar-refractivity contribution in [1.82, 2.24) is 4.98 Å². The van der Waals surface area contributed by atoms with Crippen LogP contribution in [-0.2, 0) is 6.54 Å². The van der Waals surface area contributed by atoms with E-state index in [-0.39, 0.29) is 0 Å². The van der Waals surface area contributed by atoms with Crippen LogP contribution in [0.15, 0.2) is 18.5 Å². The minimum Gasteiger partial charge on any atom is -0.368 e. The highest BCUT2D eigenvalue weighted by Crippen LogP contribution is 2.28. The summed E-state index contributed by atoms with van der Waals surface area (Å²) < 4.78 is 0. The summed E-state index contributed by atoms with van der Waals surface area (Å²) in [5.74, 6) is 0. The van der Waals surface area contributed by atoms with E-state index in [1.54, 1.807) is 0 Å². The van der Waals surface area contributed by atoms with Gasteiger partial charge in [-0.1, -0.05) is 19.3 Å². The monoisotopic (exact) mass is 233 g/mol. The maximum atomic E-state index is 5.81. The molecule has 0 spiro atoms. The molecule has 0 radical (unpaired) electrons. The van der Waals surface area contributed by atoms with Crippen LogP contribution in [0.2, 0.25) is 0 Å². The van der Waals surface area contributed by atoms with E-state index in [0.29, 0.717) is 12.6 Å². The second kappa shape index (κ2) is 6.01. The highest BCUT2D eigenvalue weighted by atomic mass is 15.2. The fourth-order valence-electron chi connectivity index (χ4n) is 2.88. The average molecular weight is 233 g/mol. The standard InChI is InChI=1S/C14H23N3/c1-2-17(13-6-4-3-5-7-13)14-8-9-16-11-12(14)10-15/h8-9,11,13H,2-7,10,15H2,1H3. The molecule has 0 saturated heterocycles. The van der Waals surface area contributed by atoms with Crippen LogP contribution in [-0.4, -0.2) is 17.6 Å². The Balaban J connectivity index is 2.21. The maximum Gasteiger partial charge on any atom is 0.0445 e. The lowest BCUT2D eigenvalue weighted by atomic mass is 9.93. The first-order chi connectivity index (χ1) is 8.36. The van der Waals surface area contributed by atoms with Gasteiger partial charge in [-0.05, 0) is 25.8 Å². The Bertz CT molecular complexity index is 345. The number of anilines is 1. The zero-order valence-corrected chi connectivity index (χ0v) is 10.7. The fourth-order valence-corrected chi connectivity index (χ4v) is 2.88. The van der Waals surface area contributed by atoms with E-state index in [2.05, 4.69) is 22.9 Å². The van der Waals surface area contributed by atoms with Gasteiger partial charge in [0.1, 0.15) is 0 Å². The van der Waals surface area contributed by atoms with Crippen molar-refractivity contribution in [3.05, 3.63) is 24.0 Å². The van der Waals surface area contributed by atoms with Gasteiger partial charge in [0.2, 0.25) is 0 Å². The van der Waals surface area contributed by atoms with Crippen molar-refractivity contribution in [3.8, 4) is 0 Å². The molecule has 94 valence electrons. The molecule has 1 saturated carbocycles. The largest absolute Gasteiger partial charge is 0.368 e. The van der Waals surface area contributed by atoms with Crippen LogP contribution < -0.4 is 10.6 Å². The molecule has 1 aromatic rings. The Kier molecular flexibility index (Phi) is 4.37. The summed E-state index contributed by atoms with van der Waals surface area (Å²) in [5, 5.41) is 0. The normalized spacial score (nSPS) is 17.1. The molecule has 1 heterocycles. The van der Waals surface area contributed by atoms with E-state index < -0.39 is 0 Å². The molecule has 0 aromatic carbocycles. The molecule has 0 bridgehead atoms. The van der Waals surface area contributed by atoms with Gasteiger partial charge in [-0.3, -0.25) is 4.98 Å². The zero-order valence-electron chi connectivity index (χ0n) is 10.7. The number of nitrogens with zero attached hydrogens (tertiary/aromatic N) is 2. The summed E-state index contributed by atoms with van der Waals surface area (Å²) >= 11 is 0. The van der Waals surface area contributed by atoms with Crippen LogP contribution in [0.25, 0.3) is 0 Å². The third-order valence-electron chi connectivity index (χ3n) is 3.76. The van der Waals surface area contributed by atoms with Gasteiger partial charge in [0.25, 0.3) is 0 Å². The van der Waals surface area contributed by atoms with Gasteiger partial charge >= 0.3 is 0 Å². The predicted octanol–water partition coefficient (Wildman–Crippen LogP) is 2.70. The Morgan fingerprint density at radius 1 is 1.35 bits per heavy atom. The van der Waals surface area contributed by atoms with Gasteiger partial charge in [0.15, 0.2) is 0 Å². The first-order valence-electron chi connectivity index (χ1n) is 6.76. The number of nitrogens with two attached hydrogens (primary N) is 1. The number of hydrogen-bond donors (Lipinski definition) is 1. The fraction of sp³-hybridized carbons (Fsp3) is 0.643. The molecule has 0 amide bonds. The van der Waals surface area contributed by atoms with Crippen molar-refractivity contribution >= 4 is 5.69 Å². The minimum absolute atomic E-state index is 0.576. The topological polar surface area (TPSA) is 42.2 Å². The summed E-state index contributed by atoms with van der Waals surface area (Å²) in [7, 11) is 0.